The maximum absolute atomic E-state index is 12.1. The molecule has 2 N–H and O–H groups in total. The third-order valence-electron chi connectivity index (χ3n) is 4.55. The van der Waals surface area contributed by atoms with Crippen molar-refractivity contribution in [2.75, 3.05) is 52.9 Å². The van der Waals surface area contributed by atoms with Gasteiger partial charge in [-0.15, -0.1) is 0 Å². The number of rotatable bonds is 7. The Bertz CT molecular complexity index is 471. The molecule has 1 aromatic carbocycles. The second-order valence-electron chi connectivity index (χ2n) is 6.53. The highest BCUT2D eigenvalue weighted by atomic mass is 16.2. The summed E-state index contributed by atoms with van der Waals surface area (Å²) in [6.07, 6.45) is 0. The van der Waals surface area contributed by atoms with Crippen LogP contribution in [0.25, 0.3) is 0 Å². The monoisotopic (exact) mass is 318 g/mol. The molecule has 1 saturated heterocycles. The highest BCUT2D eigenvalue weighted by molar-refractivity contribution is 5.78. The van der Waals surface area contributed by atoms with Gasteiger partial charge in [-0.25, -0.2) is 0 Å². The van der Waals surface area contributed by atoms with Crippen LogP contribution in [0.15, 0.2) is 30.3 Å². The van der Waals surface area contributed by atoms with Crippen LogP contribution in [0.4, 0.5) is 0 Å². The van der Waals surface area contributed by atoms with Crippen LogP contribution in [0.1, 0.15) is 12.5 Å². The Hall–Kier alpha value is -1.43. The number of benzene rings is 1. The number of amides is 1. The van der Waals surface area contributed by atoms with Gasteiger partial charge in [-0.3, -0.25) is 9.69 Å². The molecule has 0 bridgehead atoms. The van der Waals surface area contributed by atoms with E-state index in [9.17, 15) is 4.79 Å². The molecule has 1 fully saturated rings. The zero-order chi connectivity index (χ0) is 16.7. The van der Waals surface area contributed by atoms with E-state index in [2.05, 4.69) is 47.2 Å². The Kier molecular flexibility index (Phi) is 7.02. The second kappa shape index (κ2) is 9.01. The molecular weight excluding hydrogens is 288 g/mol. The SMILES string of the molecule is CC(CN)C(=O)N1CCN(CCN(C)Cc2ccccc2)CC1. The summed E-state index contributed by atoms with van der Waals surface area (Å²) in [6, 6.07) is 10.6. The van der Waals surface area contributed by atoms with Gasteiger partial charge in [0.25, 0.3) is 0 Å². The summed E-state index contributed by atoms with van der Waals surface area (Å²) in [5.74, 6) is 0.145. The lowest BCUT2D eigenvalue weighted by Crippen LogP contribution is -2.51. The van der Waals surface area contributed by atoms with E-state index < -0.39 is 0 Å². The van der Waals surface area contributed by atoms with Gasteiger partial charge in [0.1, 0.15) is 0 Å². The smallest absolute Gasteiger partial charge is 0.226 e. The fourth-order valence-electron chi connectivity index (χ4n) is 2.89. The first-order valence-electron chi connectivity index (χ1n) is 8.54. The van der Waals surface area contributed by atoms with Gasteiger partial charge in [0, 0.05) is 58.3 Å². The van der Waals surface area contributed by atoms with Crippen molar-refractivity contribution in [2.45, 2.75) is 13.5 Å². The van der Waals surface area contributed by atoms with Gasteiger partial charge in [-0.1, -0.05) is 37.3 Å². The molecular formula is C18H30N4O. The van der Waals surface area contributed by atoms with Crippen LogP contribution >= 0.6 is 0 Å². The molecule has 5 heteroatoms. The third kappa shape index (κ3) is 5.61. The average Bonchev–Trinajstić information content (AvgIpc) is 2.60. The minimum atomic E-state index is -0.0569. The number of carbonyl (C=O) groups is 1. The Morgan fingerprint density at radius 1 is 1.22 bits per heavy atom. The number of nitrogens with two attached hydrogens (primary N) is 1. The summed E-state index contributed by atoms with van der Waals surface area (Å²) in [4.78, 5) is 18.9. The van der Waals surface area contributed by atoms with Crippen LogP contribution in [0.2, 0.25) is 0 Å². The Balaban J connectivity index is 1.67. The van der Waals surface area contributed by atoms with Crippen LogP contribution in [-0.2, 0) is 11.3 Å². The van der Waals surface area contributed by atoms with E-state index in [1.807, 2.05) is 11.8 Å². The van der Waals surface area contributed by atoms with Gasteiger partial charge in [-0.05, 0) is 12.6 Å². The Morgan fingerprint density at radius 3 is 2.48 bits per heavy atom. The van der Waals surface area contributed by atoms with E-state index in [1.54, 1.807) is 0 Å². The number of nitrogens with zero attached hydrogens (tertiary/aromatic N) is 3. The summed E-state index contributed by atoms with van der Waals surface area (Å²) < 4.78 is 0. The quantitative estimate of drug-likeness (QED) is 0.810. The average molecular weight is 318 g/mol. The lowest BCUT2D eigenvalue weighted by atomic mass is 10.1. The zero-order valence-corrected chi connectivity index (χ0v) is 14.4. The van der Waals surface area contributed by atoms with Crippen LogP contribution < -0.4 is 5.73 Å². The molecule has 1 atom stereocenters. The largest absolute Gasteiger partial charge is 0.340 e. The highest BCUT2D eigenvalue weighted by Crippen LogP contribution is 2.08. The zero-order valence-electron chi connectivity index (χ0n) is 14.4. The third-order valence-corrected chi connectivity index (χ3v) is 4.55. The van der Waals surface area contributed by atoms with Crippen molar-refractivity contribution in [1.82, 2.24) is 14.7 Å². The van der Waals surface area contributed by atoms with Crippen LogP contribution in [0.3, 0.4) is 0 Å². The lowest BCUT2D eigenvalue weighted by molar-refractivity contribution is -0.136. The maximum Gasteiger partial charge on any atom is 0.226 e. The van der Waals surface area contributed by atoms with Crippen LogP contribution in [0, 0.1) is 5.92 Å². The molecule has 1 heterocycles. The predicted molar refractivity (Wildman–Crippen MR) is 94.0 cm³/mol. The summed E-state index contributed by atoms with van der Waals surface area (Å²) in [7, 11) is 2.16. The number of carbonyl (C=O) groups excluding carboxylic acids is 1. The molecule has 0 saturated carbocycles. The number of piperazine rings is 1. The topological polar surface area (TPSA) is 52.8 Å². The van der Waals surface area contributed by atoms with Crippen molar-refractivity contribution in [3.05, 3.63) is 35.9 Å². The summed E-state index contributed by atoms with van der Waals surface area (Å²) in [6.45, 7) is 8.99. The maximum atomic E-state index is 12.1. The van der Waals surface area contributed by atoms with Crippen molar-refractivity contribution in [3.63, 3.8) is 0 Å². The first-order chi connectivity index (χ1) is 11.1. The first kappa shape index (κ1) is 17.9. The van der Waals surface area contributed by atoms with Crippen LogP contribution in [0.5, 0.6) is 0 Å². The molecule has 1 aliphatic heterocycles. The van der Waals surface area contributed by atoms with Gasteiger partial charge in [0.15, 0.2) is 0 Å². The van der Waals surface area contributed by atoms with Gasteiger partial charge < -0.3 is 15.5 Å². The molecule has 1 aromatic rings. The van der Waals surface area contributed by atoms with E-state index in [4.69, 9.17) is 5.73 Å². The van der Waals surface area contributed by atoms with Gasteiger partial charge in [0.05, 0.1) is 0 Å². The van der Waals surface area contributed by atoms with Crippen molar-refractivity contribution >= 4 is 5.91 Å². The van der Waals surface area contributed by atoms with E-state index in [0.717, 1.165) is 45.8 Å². The Labute approximate surface area is 140 Å². The summed E-state index contributed by atoms with van der Waals surface area (Å²) in [5, 5.41) is 0. The van der Waals surface area contributed by atoms with E-state index in [-0.39, 0.29) is 11.8 Å². The van der Waals surface area contributed by atoms with E-state index in [1.165, 1.54) is 5.56 Å². The molecule has 0 aliphatic carbocycles. The fourth-order valence-corrected chi connectivity index (χ4v) is 2.89. The molecule has 2 rings (SSSR count). The molecule has 1 unspecified atom stereocenters. The molecule has 0 aromatic heterocycles. The normalized spacial score (nSPS) is 17.5. The number of likely N-dealkylation sites (N-methyl/N-ethyl adjacent to an activating group) is 1. The summed E-state index contributed by atoms with van der Waals surface area (Å²) >= 11 is 0. The predicted octanol–water partition coefficient (Wildman–Crippen LogP) is 0.857. The second-order valence-corrected chi connectivity index (χ2v) is 6.53. The number of hydrogen-bond acceptors (Lipinski definition) is 4. The molecule has 0 spiro atoms. The molecule has 1 aliphatic rings. The molecule has 23 heavy (non-hydrogen) atoms. The molecule has 1 amide bonds. The van der Waals surface area contributed by atoms with Crippen molar-refractivity contribution in [1.29, 1.82) is 0 Å². The minimum absolute atomic E-state index is 0.0569. The standard InChI is InChI=1S/C18H30N4O/c1-16(14-19)18(23)22-12-10-21(11-13-22)9-8-20(2)15-17-6-4-3-5-7-17/h3-7,16H,8-15,19H2,1-2H3. The molecule has 5 nitrogen and oxygen atoms in total. The van der Waals surface area contributed by atoms with E-state index >= 15 is 0 Å². The fraction of sp³-hybridized carbons (Fsp3) is 0.611. The van der Waals surface area contributed by atoms with Gasteiger partial charge in [0.2, 0.25) is 5.91 Å². The van der Waals surface area contributed by atoms with Gasteiger partial charge >= 0.3 is 0 Å². The van der Waals surface area contributed by atoms with Crippen molar-refractivity contribution < 1.29 is 4.79 Å². The number of hydrogen-bond donors (Lipinski definition) is 1. The molecule has 0 radical (unpaired) electrons. The highest BCUT2D eigenvalue weighted by Gasteiger charge is 2.23. The van der Waals surface area contributed by atoms with Gasteiger partial charge in [-0.2, -0.15) is 0 Å². The van der Waals surface area contributed by atoms with Crippen LogP contribution in [-0.4, -0.2) is 73.5 Å². The van der Waals surface area contributed by atoms with Crippen molar-refractivity contribution in [3.8, 4) is 0 Å². The molecule has 128 valence electrons. The Morgan fingerprint density at radius 2 is 1.87 bits per heavy atom. The lowest BCUT2D eigenvalue weighted by Gasteiger charge is -2.36. The first-order valence-corrected chi connectivity index (χ1v) is 8.54. The minimum Gasteiger partial charge on any atom is -0.340 e. The van der Waals surface area contributed by atoms with E-state index in [0.29, 0.717) is 6.54 Å². The van der Waals surface area contributed by atoms with Crippen molar-refractivity contribution in [2.24, 2.45) is 11.7 Å². The summed E-state index contributed by atoms with van der Waals surface area (Å²) in [5.41, 5.74) is 6.94.